The lowest BCUT2D eigenvalue weighted by Gasteiger charge is -2.11. The van der Waals surface area contributed by atoms with Gasteiger partial charge in [0, 0.05) is 17.3 Å². The molecule has 2 aromatic rings. The topological polar surface area (TPSA) is 59.1 Å². The van der Waals surface area contributed by atoms with E-state index in [1.807, 2.05) is 0 Å². The summed E-state index contributed by atoms with van der Waals surface area (Å²) in [6.45, 7) is -0.166. The normalized spacial score (nSPS) is 10.7. The van der Waals surface area contributed by atoms with Gasteiger partial charge in [-0.2, -0.15) is 0 Å². The van der Waals surface area contributed by atoms with Gasteiger partial charge in [0.05, 0.1) is 33.1 Å². The van der Waals surface area contributed by atoms with Crippen LogP contribution in [0, 0.1) is 0 Å². The Morgan fingerprint density at radius 2 is 1.78 bits per heavy atom. The minimum absolute atomic E-state index is 0.166. The van der Waals surface area contributed by atoms with Crippen LogP contribution in [0.3, 0.4) is 0 Å². The Balaban J connectivity index is 2.66. The maximum atomic E-state index is 9.17. The van der Waals surface area contributed by atoms with E-state index in [9.17, 15) is 0 Å². The number of aromatic nitrogens is 1. The van der Waals surface area contributed by atoms with Crippen molar-refractivity contribution in [3.8, 4) is 11.3 Å². The van der Waals surface area contributed by atoms with Crippen LogP contribution in [0.4, 0.5) is 5.69 Å². The Labute approximate surface area is 119 Å². The Hall–Kier alpha value is -1.000. The summed E-state index contributed by atoms with van der Waals surface area (Å²) in [5, 5.41) is 10.3. The summed E-state index contributed by atoms with van der Waals surface area (Å²) < 4.78 is 0. The zero-order valence-electron chi connectivity index (χ0n) is 9.12. The van der Waals surface area contributed by atoms with Crippen LogP contribution in [0.5, 0.6) is 0 Å². The second-order valence-electron chi connectivity index (χ2n) is 3.64. The lowest BCUT2D eigenvalue weighted by molar-refractivity contribution is 0.282. The molecule has 18 heavy (non-hydrogen) atoms. The van der Waals surface area contributed by atoms with Gasteiger partial charge in [0.25, 0.3) is 0 Å². The van der Waals surface area contributed by atoms with E-state index >= 15 is 0 Å². The fraction of sp³-hybridized carbons (Fsp3) is 0.0833. The van der Waals surface area contributed by atoms with Gasteiger partial charge in [0.2, 0.25) is 0 Å². The van der Waals surface area contributed by atoms with Crippen molar-refractivity contribution in [1.29, 1.82) is 0 Å². The highest BCUT2D eigenvalue weighted by molar-refractivity contribution is 6.44. The predicted octanol–water partition coefficient (Wildman–Crippen LogP) is 3.78. The van der Waals surface area contributed by atoms with Gasteiger partial charge >= 0.3 is 0 Å². The number of pyridine rings is 1. The largest absolute Gasteiger partial charge is 0.397 e. The minimum Gasteiger partial charge on any atom is -0.397 e. The zero-order chi connectivity index (χ0) is 13.3. The molecular formula is C12H9Cl3N2O. The number of rotatable bonds is 2. The van der Waals surface area contributed by atoms with Crippen molar-refractivity contribution >= 4 is 40.5 Å². The van der Waals surface area contributed by atoms with Crippen LogP contribution < -0.4 is 5.73 Å². The van der Waals surface area contributed by atoms with Gasteiger partial charge in [-0.15, -0.1) is 0 Å². The van der Waals surface area contributed by atoms with E-state index in [1.165, 1.54) is 6.07 Å². The molecule has 0 aliphatic carbocycles. The third kappa shape index (κ3) is 2.40. The molecule has 3 nitrogen and oxygen atoms in total. The average Bonchev–Trinajstić information content (AvgIpc) is 2.34. The van der Waals surface area contributed by atoms with Crippen molar-refractivity contribution in [2.24, 2.45) is 0 Å². The fourth-order valence-corrected chi connectivity index (χ4v) is 2.21. The van der Waals surface area contributed by atoms with Gasteiger partial charge in [-0.25, -0.2) is 0 Å². The SMILES string of the molecule is Nc1c(CO)ccnc1-c1cc(Cl)c(Cl)cc1Cl. The number of nitrogens with two attached hydrogens (primary N) is 1. The molecule has 1 aromatic carbocycles. The highest BCUT2D eigenvalue weighted by atomic mass is 35.5. The first-order chi connectivity index (χ1) is 8.54. The lowest BCUT2D eigenvalue weighted by Crippen LogP contribution is -1.99. The van der Waals surface area contributed by atoms with Crippen molar-refractivity contribution in [3.05, 3.63) is 45.0 Å². The molecule has 0 saturated carbocycles. The van der Waals surface area contributed by atoms with E-state index in [1.54, 1.807) is 18.3 Å². The molecule has 0 aliphatic rings. The van der Waals surface area contributed by atoms with Crippen molar-refractivity contribution in [2.45, 2.75) is 6.61 Å². The van der Waals surface area contributed by atoms with Gasteiger partial charge in [-0.05, 0) is 18.2 Å². The molecule has 0 bridgehead atoms. The zero-order valence-corrected chi connectivity index (χ0v) is 11.4. The fourth-order valence-electron chi connectivity index (χ4n) is 1.57. The molecule has 6 heteroatoms. The summed E-state index contributed by atoms with van der Waals surface area (Å²) in [7, 11) is 0. The number of hydrogen-bond donors (Lipinski definition) is 2. The first-order valence-electron chi connectivity index (χ1n) is 5.03. The van der Waals surface area contributed by atoms with E-state index in [4.69, 9.17) is 45.6 Å². The molecule has 1 aromatic heterocycles. The number of halogens is 3. The van der Waals surface area contributed by atoms with E-state index in [0.717, 1.165) is 0 Å². The third-order valence-electron chi connectivity index (χ3n) is 2.52. The van der Waals surface area contributed by atoms with Crippen molar-refractivity contribution in [2.75, 3.05) is 5.73 Å². The standard InChI is InChI=1S/C12H9Cl3N2O/c13-8-4-10(15)9(14)3-7(8)12-11(16)6(5-18)1-2-17-12/h1-4,18H,5,16H2. The highest BCUT2D eigenvalue weighted by Crippen LogP contribution is 2.37. The van der Waals surface area contributed by atoms with Crippen LogP contribution in [0.2, 0.25) is 15.1 Å². The molecule has 3 N–H and O–H groups in total. The molecule has 2 rings (SSSR count). The first kappa shape index (κ1) is 13.4. The number of aliphatic hydroxyl groups excluding tert-OH is 1. The van der Waals surface area contributed by atoms with Crippen LogP contribution in [-0.2, 0) is 6.61 Å². The van der Waals surface area contributed by atoms with E-state index in [0.29, 0.717) is 37.6 Å². The average molecular weight is 304 g/mol. The maximum Gasteiger partial charge on any atom is 0.0950 e. The third-order valence-corrected chi connectivity index (χ3v) is 3.55. The van der Waals surface area contributed by atoms with Gasteiger partial charge in [0.15, 0.2) is 0 Å². The van der Waals surface area contributed by atoms with Crippen molar-refractivity contribution in [1.82, 2.24) is 4.98 Å². The monoisotopic (exact) mass is 302 g/mol. The first-order valence-corrected chi connectivity index (χ1v) is 6.17. The van der Waals surface area contributed by atoms with Gasteiger partial charge in [-0.1, -0.05) is 34.8 Å². The van der Waals surface area contributed by atoms with Crippen LogP contribution in [0.15, 0.2) is 24.4 Å². The van der Waals surface area contributed by atoms with E-state index in [-0.39, 0.29) is 6.61 Å². The summed E-state index contributed by atoms with van der Waals surface area (Å²) in [5.74, 6) is 0. The van der Waals surface area contributed by atoms with Crippen molar-refractivity contribution < 1.29 is 5.11 Å². The Morgan fingerprint density at radius 1 is 1.11 bits per heavy atom. The quantitative estimate of drug-likeness (QED) is 0.830. The van der Waals surface area contributed by atoms with Crippen LogP contribution in [-0.4, -0.2) is 10.1 Å². The highest BCUT2D eigenvalue weighted by Gasteiger charge is 2.13. The molecule has 0 radical (unpaired) electrons. The maximum absolute atomic E-state index is 9.17. The smallest absolute Gasteiger partial charge is 0.0950 e. The molecule has 94 valence electrons. The van der Waals surface area contributed by atoms with Gasteiger partial charge in [0.1, 0.15) is 0 Å². The molecule has 0 spiro atoms. The van der Waals surface area contributed by atoms with Crippen LogP contribution in [0.1, 0.15) is 5.56 Å². The molecule has 0 amide bonds. The molecule has 0 atom stereocenters. The number of hydrogen-bond acceptors (Lipinski definition) is 3. The van der Waals surface area contributed by atoms with Crippen LogP contribution >= 0.6 is 34.8 Å². The number of nitrogen functional groups attached to an aromatic ring is 1. The summed E-state index contributed by atoms with van der Waals surface area (Å²) in [5.41, 5.74) is 7.95. The van der Waals surface area contributed by atoms with E-state index < -0.39 is 0 Å². The Bertz CT molecular complexity index is 602. The molecular weight excluding hydrogens is 295 g/mol. The number of anilines is 1. The molecule has 0 unspecified atom stereocenters. The number of aliphatic hydroxyl groups is 1. The second kappa shape index (κ2) is 5.33. The molecule has 0 saturated heterocycles. The number of nitrogens with zero attached hydrogens (tertiary/aromatic N) is 1. The van der Waals surface area contributed by atoms with Crippen LogP contribution in [0.25, 0.3) is 11.3 Å². The van der Waals surface area contributed by atoms with Gasteiger partial charge in [-0.3, -0.25) is 4.98 Å². The Kier molecular flexibility index (Phi) is 3.97. The van der Waals surface area contributed by atoms with E-state index in [2.05, 4.69) is 4.98 Å². The molecule has 0 aliphatic heterocycles. The summed E-state index contributed by atoms with van der Waals surface area (Å²) >= 11 is 17.9. The lowest BCUT2D eigenvalue weighted by atomic mass is 10.1. The summed E-state index contributed by atoms with van der Waals surface area (Å²) in [6, 6.07) is 4.78. The second-order valence-corrected chi connectivity index (χ2v) is 4.86. The Morgan fingerprint density at radius 3 is 2.44 bits per heavy atom. The summed E-state index contributed by atoms with van der Waals surface area (Å²) in [6.07, 6.45) is 1.55. The van der Waals surface area contributed by atoms with Gasteiger partial charge < -0.3 is 10.8 Å². The minimum atomic E-state index is -0.166. The summed E-state index contributed by atoms with van der Waals surface area (Å²) in [4.78, 5) is 4.17. The number of benzene rings is 1. The van der Waals surface area contributed by atoms with Crippen molar-refractivity contribution in [3.63, 3.8) is 0 Å². The molecule has 0 fully saturated rings. The molecule has 1 heterocycles. The predicted molar refractivity (Wildman–Crippen MR) is 75.0 cm³/mol.